The maximum atomic E-state index is 13.6. The van der Waals surface area contributed by atoms with E-state index in [0.29, 0.717) is 10.6 Å². The molecule has 2 aromatic carbocycles. The van der Waals surface area contributed by atoms with Crippen molar-refractivity contribution in [2.45, 2.75) is 12.2 Å². The molecule has 1 aliphatic heterocycles. The zero-order valence-corrected chi connectivity index (χ0v) is 16.0. The highest BCUT2D eigenvalue weighted by atomic mass is 35.5. The number of thiocarbonyl (C=S) groups is 1. The summed E-state index contributed by atoms with van der Waals surface area (Å²) in [6.07, 6.45) is -4.60. The maximum Gasteiger partial charge on any atom is 0.416 e. The van der Waals surface area contributed by atoms with Crippen molar-refractivity contribution in [2.24, 2.45) is 0 Å². The molecule has 1 atom stereocenters. The zero-order valence-electron chi connectivity index (χ0n) is 14.4. The van der Waals surface area contributed by atoms with Gasteiger partial charge in [0.25, 0.3) is 0 Å². The van der Waals surface area contributed by atoms with Crippen LogP contribution in [0.25, 0.3) is 5.70 Å². The van der Waals surface area contributed by atoms with Crippen LogP contribution >= 0.6 is 23.8 Å². The van der Waals surface area contributed by atoms with Gasteiger partial charge in [0.15, 0.2) is 5.11 Å². The van der Waals surface area contributed by atoms with E-state index in [1.165, 1.54) is 18.2 Å². The molecule has 1 heterocycles. The minimum absolute atomic E-state index is 0.0184. The number of carbonyl (C=O) groups excluding carboxylic acids is 1. The smallest absolute Gasteiger partial charge is 0.416 e. The molecule has 0 fully saturated rings. The number of rotatable bonds is 3. The van der Waals surface area contributed by atoms with Crippen LogP contribution in [0.15, 0.2) is 54.1 Å². The first-order valence-electron chi connectivity index (χ1n) is 8.04. The van der Waals surface area contributed by atoms with E-state index in [1.807, 2.05) is 0 Å². The highest BCUT2D eigenvalue weighted by Crippen LogP contribution is 2.39. The summed E-state index contributed by atoms with van der Waals surface area (Å²) in [7, 11) is 1.16. The van der Waals surface area contributed by atoms with E-state index in [2.05, 4.69) is 10.6 Å². The molecule has 0 unspecified atom stereocenters. The topological polar surface area (TPSA) is 50.4 Å². The van der Waals surface area contributed by atoms with Crippen molar-refractivity contribution in [3.63, 3.8) is 0 Å². The zero-order chi connectivity index (χ0) is 20.5. The van der Waals surface area contributed by atoms with Gasteiger partial charge in [0, 0.05) is 5.02 Å². The summed E-state index contributed by atoms with van der Waals surface area (Å²) in [4.78, 5) is 12.6. The Morgan fingerprint density at radius 3 is 2.39 bits per heavy atom. The average molecular weight is 427 g/mol. The molecule has 0 bridgehead atoms. The second-order valence-electron chi connectivity index (χ2n) is 5.90. The van der Waals surface area contributed by atoms with Crippen LogP contribution in [0.3, 0.4) is 0 Å². The van der Waals surface area contributed by atoms with Gasteiger partial charge in [-0.25, -0.2) is 4.79 Å². The summed E-state index contributed by atoms with van der Waals surface area (Å²) >= 11 is 11.1. The molecule has 1 aliphatic rings. The van der Waals surface area contributed by atoms with Crippen LogP contribution in [0, 0.1) is 0 Å². The summed E-state index contributed by atoms with van der Waals surface area (Å²) in [5, 5.41) is 6.16. The summed E-state index contributed by atoms with van der Waals surface area (Å²) in [5.74, 6) is -0.783. The third-order valence-electron chi connectivity index (χ3n) is 4.19. The number of halogens is 4. The van der Waals surface area contributed by atoms with Gasteiger partial charge >= 0.3 is 12.1 Å². The molecular formula is C19H14ClF3N2O2S. The number of ether oxygens (including phenoxy) is 1. The molecule has 4 nitrogen and oxygen atoms in total. The van der Waals surface area contributed by atoms with E-state index < -0.39 is 23.8 Å². The molecule has 0 aromatic heterocycles. The average Bonchev–Trinajstić information content (AvgIpc) is 2.66. The van der Waals surface area contributed by atoms with Gasteiger partial charge in [-0.3, -0.25) is 0 Å². The Morgan fingerprint density at radius 2 is 1.79 bits per heavy atom. The van der Waals surface area contributed by atoms with Crippen molar-refractivity contribution < 1.29 is 22.7 Å². The molecule has 28 heavy (non-hydrogen) atoms. The van der Waals surface area contributed by atoms with E-state index in [4.69, 9.17) is 28.6 Å². The van der Waals surface area contributed by atoms with Gasteiger partial charge in [-0.05, 0) is 41.5 Å². The van der Waals surface area contributed by atoms with Crippen molar-refractivity contribution in [2.75, 3.05) is 7.11 Å². The number of methoxy groups -OCH3 is 1. The van der Waals surface area contributed by atoms with Crippen LogP contribution in [0.5, 0.6) is 0 Å². The first kappa shape index (κ1) is 20.2. The third-order valence-corrected chi connectivity index (χ3v) is 4.66. The molecule has 0 radical (unpaired) electrons. The van der Waals surface area contributed by atoms with E-state index in [0.717, 1.165) is 13.2 Å². The largest absolute Gasteiger partial charge is 0.466 e. The summed E-state index contributed by atoms with van der Waals surface area (Å²) in [5.41, 5.74) is -0.229. The quantitative estimate of drug-likeness (QED) is 0.560. The monoisotopic (exact) mass is 426 g/mol. The molecule has 2 aromatic rings. The lowest BCUT2D eigenvalue weighted by Gasteiger charge is -2.32. The molecule has 0 spiro atoms. The van der Waals surface area contributed by atoms with Gasteiger partial charge in [0.05, 0.1) is 30.0 Å². The Morgan fingerprint density at radius 1 is 1.14 bits per heavy atom. The van der Waals surface area contributed by atoms with Crippen LogP contribution in [0.2, 0.25) is 5.02 Å². The van der Waals surface area contributed by atoms with Crippen molar-refractivity contribution in [1.82, 2.24) is 10.6 Å². The lowest BCUT2D eigenvalue weighted by atomic mass is 9.90. The first-order valence-corrected chi connectivity index (χ1v) is 8.83. The van der Waals surface area contributed by atoms with E-state index >= 15 is 0 Å². The molecule has 0 saturated carbocycles. The normalized spacial score (nSPS) is 17.0. The van der Waals surface area contributed by atoms with Gasteiger partial charge in [0.1, 0.15) is 0 Å². The fourth-order valence-corrected chi connectivity index (χ4v) is 3.32. The molecule has 0 aliphatic carbocycles. The molecule has 9 heteroatoms. The van der Waals surface area contributed by atoms with Gasteiger partial charge in [0.2, 0.25) is 0 Å². The van der Waals surface area contributed by atoms with Crippen LogP contribution < -0.4 is 10.6 Å². The Kier molecular flexibility index (Phi) is 5.62. The van der Waals surface area contributed by atoms with E-state index in [-0.39, 0.29) is 21.9 Å². The van der Waals surface area contributed by atoms with Crippen molar-refractivity contribution >= 4 is 40.6 Å². The highest BCUT2D eigenvalue weighted by molar-refractivity contribution is 7.80. The van der Waals surface area contributed by atoms with Crippen LogP contribution in [0.1, 0.15) is 22.7 Å². The molecule has 3 rings (SSSR count). The standard InChI is InChI=1S/C19H14ClF3N2O2S/c1-27-17(26)14-15(10-6-8-11(20)9-7-10)24-18(28)25-16(14)12-4-2-3-5-13(12)19(21,22)23/h2-9,16H,1H3,(H2,24,25,28)/t16-/m0/s1. The minimum atomic E-state index is -4.60. The summed E-state index contributed by atoms with van der Waals surface area (Å²) in [6.45, 7) is 0. The molecule has 146 valence electrons. The lowest BCUT2D eigenvalue weighted by Crippen LogP contribution is -2.45. The highest BCUT2D eigenvalue weighted by Gasteiger charge is 2.40. The van der Waals surface area contributed by atoms with Crippen molar-refractivity contribution in [1.29, 1.82) is 0 Å². The summed E-state index contributed by atoms with van der Waals surface area (Å²) < 4.78 is 45.5. The van der Waals surface area contributed by atoms with Gasteiger partial charge in [-0.1, -0.05) is 41.9 Å². The predicted octanol–water partition coefficient (Wildman–Crippen LogP) is 4.46. The third kappa shape index (κ3) is 3.98. The lowest BCUT2D eigenvalue weighted by molar-refractivity contribution is -0.139. The molecule has 0 saturated heterocycles. The van der Waals surface area contributed by atoms with E-state index in [9.17, 15) is 18.0 Å². The first-order chi connectivity index (χ1) is 13.2. The van der Waals surface area contributed by atoms with Crippen LogP contribution in [0.4, 0.5) is 13.2 Å². The minimum Gasteiger partial charge on any atom is -0.466 e. The van der Waals surface area contributed by atoms with Crippen molar-refractivity contribution in [3.8, 4) is 0 Å². The number of nitrogens with one attached hydrogen (secondary N) is 2. The predicted molar refractivity (Wildman–Crippen MR) is 103 cm³/mol. The number of hydrogen-bond acceptors (Lipinski definition) is 3. The maximum absolute atomic E-state index is 13.6. The van der Waals surface area contributed by atoms with E-state index in [1.54, 1.807) is 24.3 Å². The fourth-order valence-electron chi connectivity index (χ4n) is 2.98. The number of esters is 1. The Bertz CT molecular complexity index is 958. The second kappa shape index (κ2) is 7.81. The van der Waals surface area contributed by atoms with Gasteiger partial charge in [-0.2, -0.15) is 13.2 Å². The van der Waals surface area contributed by atoms with Crippen molar-refractivity contribution in [3.05, 3.63) is 75.8 Å². The summed E-state index contributed by atoms with van der Waals surface area (Å²) in [6, 6.07) is 10.3. The van der Waals surface area contributed by atoms with Gasteiger partial charge in [-0.15, -0.1) is 0 Å². The fraction of sp³-hybridized carbons (Fsp3) is 0.158. The van der Waals surface area contributed by atoms with Crippen LogP contribution in [-0.4, -0.2) is 18.2 Å². The molecule has 2 N–H and O–H groups in total. The Balaban J connectivity index is 2.25. The van der Waals surface area contributed by atoms with Crippen LogP contribution in [-0.2, 0) is 15.7 Å². The second-order valence-corrected chi connectivity index (χ2v) is 6.75. The molecule has 0 amide bonds. The number of carbonyl (C=O) groups is 1. The number of hydrogen-bond donors (Lipinski definition) is 2. The Labute approximate surface area is 169 Å². The number of alkyl halides is 3. The SMILES string of the molecule is COC(=O)C1=C(c2ccc(Cl)cc2)NC(=S)N[C@H]1c1ccccc1C(F)(F)F. The molecular weight excluding hydrogens is 413 g/mol. The number of benzene rings is 2. The van der Waals surface area contributed by atoms with Gasteiger partial charge < -0.3 is 15.4 Å². The Hall–Kier alpha value is -2.58.